The highest BCUT2D eigenvalue weighted by Gasteiger charge is 2.24. The molecule has 1 aliphatic rings. The van der Waals surface area contributed by atoms with Gasteiger partial charge in [0.05, 0.1) is 26.2 Å². The molecule has 1 heterocycles. The zero-order valence-electron chi connectivity index (χ0n) is 19.5. The molecule has 1 N–H and O–H groups in total. The lowest BCUT2D eigenvalue weighted by Crippen LogP contribution is -2.48. The number of halogens is 1. The molecule has 0 atom stereocenters. The van der Waals surface area contributed by atoms with Gasteiger partial charge in [-0.2, -0.15) is 0 Å². The fraction of sp³-hybridized carbons (Fsp3) is 0.435. The van der Waals surface area contributed by atoms with Gasteiger partial charge < -0.3 is 19.1 Å². The molecule has 0 saturated carbocycles. The number of piperazine rings is 1. The summed E-state index contributed by atoms with van der Waals surface area (Å²) in [4.78, 5) is 16.5. The lowest BCUT2D eigenvalue weighted by Gasteiger charge is -2.35. The van der Waals surface area contributed by atoms with Crippen molar-refractivity contribution in [2.45, 2.75) is 17.9 Å². The van der Waals surface area contributed by atoms with Gasteiger partial charge in [0.15, 0.2) is 11.5 Å². The first-order valence-electron chi connectivity index (χ1n) is 10.8. The van der Waals surface area contributed by atoms with Crippen LogP contribution in [0.3, 0.4) is 0 Å². The van der Waals surface area contributed by atoms with Gasteiger partial charge in [-0.05, 0) is 30.3 Å². The third kappa shape index (κ3) is 6.16. The molecule has 186 valence electrons. The Morgan fingerprint density at radius 3 is 2.18 bits per heavy atom. The molecule has 0 aliphatic carbocycles. The highest BCUT2D eigenvalue weighted by Crippen LogP contribution is 2.40. The number of hydrogen-bond donors (Lipinski definition) is 1. The summed E-state index contributed by atoms with van der Waals surface area (Å²) in [5.74, 6) is 1.12. The van der Waals surface area contributed by atoms with Crippen LogP contribution in [0.2, 0.25) is 0 Å². The zero-order valence-corrected chi connectivity index (χ0v) is 20.4. The molecule has 0 unspecified atom stereocenters. The fourth-order valence-electron chi connectivity index (χ4n) is 3.83. The lowest BCUT2D eigenvalue weighted by atomic mass is 10.1. The minimum atomic E-state index is -3.79. The molecule has 3 rings (SSSR count). The second-order valence-corrected chi connectivity index (χ2v) is 9.52. The molecule has 2 aromatic rings. The predicted octanol–water partition coefficient (Wildman–Crippen LogP) is 1.86. The first-order chi connectivity index (χ1) is 16.3. The Morgan fingerprint density at radius 2 is 1.59 bits per heavy atom. The van der Waals surface area contributed by atoms with Gasteiger partial charge >= 0.3 is 0 Å². The van der Waals surface area contributed by atoms with Gasteiger partial charge in [-0.25, -0.2) is 17.5 Å². The average Bonchev–Trinajstić information content (AvgIpc) is 2.84. The normalized spacial score (nSPS) is 14.6. The maximum atomic E-state index is 13.0. The van der Waals surface area contributed by atoms with Crippen LogP contribution in [-0.4, -0.2) is 78.2 Å². The van der Waals surface area contributed by atoms with Crippen molar-refractivity contribution >= 4 is 15.9 Å². The van der Waals surface area contributed by atoms with Crippen molar-refractivity contribution in [3.8, 4) is 17.2 Å². The van der Waals surface area contributed by atoms with Crippen LogP contribution in [0.5, 0.6) is 17.2 Å². The van der Waals surface area contributed by atoms with E-state index in [-0.39, 0.29) is 23.8 Å². The Balaban J connectivity index is 1.49. The molecule has 1 fully saturated rings. The van der Waals surface area contributed by atoms with E-state index in [2.05, 4.69) is 9.62 Å². The van der Waals surface area contributed by atoms with Gasteiger partial charge in [0.1, 0.15) is 5.82 Å². The van der Waals surface area contributed by atoms with Crippen molar-refractivity contribution in [3.63, 3.8) is 0 Å². The second kappa shape index (κ2) is 11.5. The number of nitrogens with one attached hydrogen (secondary N) is 1. The number of rotatable bonds is 10. The van der Waals surface area contributed by atoms with Gasteiger partial charge in [0.2, 0.25) is 21.7 Å². The summed E-state index contributed by atoms with van der Waals surface area (Å²) >= 11 is 0. The van der Waals surface area contributed by atoms with Crippen LogP contribution in [0.15, 0.2) is 41.3 Å². The van der Waals surface area contributed by atoms with Crippen molar-refractivity contribution in [1.29, 1.82) is 0 Å². The Hall–Kier alpha value is -2.89. The molecule has 0 aromatic heterocycles. The number of ether oxygens (including phenoxy) is 3. The predicted molar refractivity (Wildman–Crippen MR) is 124 cm³/mol. The summed E-state index contributed by atoms with van der Waals surface area (Å²) < 4.78 is 56.2. The van der Waals surface area contributed by atoms with Crippen LogP contribution < -0.4 is 18.9 Å². The molecule has 0 bridgehead atoms. The number of methoxy groups -OCH3 is 3. The minimum absolute atomic E-state index is 0.0262. The van der Waals surface area contributed by atoms with Crippen molar-refractivity contribution < 1.29 is 31.8 Å². The van der Waals surface area contributed by atoms with E-state index in [1.807, 2.05) is 12.1 Å². The van der Waals surface area contributed by atoms with Crippen molar-refractivity contribution in [3.05, 3.63) is 47.8 Å². The summed E-state index contributed by atoms with van der Waals surface area (Å²) in [6.45, 7) is 3.03. The van der Waals surface area contributed by atoms with Crippen LogP contribution >= 0.6 is 0 Å². The van der Waals surface area contributed by atoms with Crippen LogP contribution in [0.25, 0.3) is 0 Å². The fourth-order valence-corrected chi connectivity index (χ4v) is 4.86. The molecule has 1 aliphatic heterocycles. The molecule has 1 saturated heterocycles. The molecular weight excluding hydrogens is 465 g/mol. The SMILES string of the molecule is COc1ccc(CN2CCN(C(=O)CCNS(=O)(=O)c3ccc(F)cc3)CC2)c(OC)c1OC. The minimum Gasteiger partial charge on any atom is -0.493 e. The van der Waals surface area contributed by atoms with Crippen molar-refractivity contribution in [1.82, 2.24) is 14.5 Å². The first-order valence-corrected chi connectivity index (χ1v) is 12.3. The monoisotopic (exact) mass is 495 g/mol. The number of carbonyl (C=O) groups is 1. The van der Waals surface area contributed by atoms with E-state index in [0.29, 0.717) is 50.0 Å². The topological polar surface area (TPSA) is 97.4 Å². The zero-order chi connectivity index (χ0) is 24.7. The molecular formula is C23H30FN3O6S. The summed E-state index contributed by atoms with van der Waals surface area (Å²) in [5.41, 5.74) is 0.954. The van der Waals surface area contributed by atoms with Crippen LogP contribution in [0, 0.1) is 5.82 Å². The molecule has 11 heteroatoms. The third-order valence-electron chi connectivity index (χ3n) is 5.66. The van der Waals surface area contributed by atoms with Crippen molar-refractivity contribution in [2.24, 2.45) is 0 Å². The molecule has 2 aromatic carbocycles. The maximum absolute atomic E-state index is 13.0. The standard InChI is InChI=1S/C23H30FN3O6S/c1-31-20-9-4-17(22(32-2)23(20)33-3)16-26-12-14-27(15-13-26)21(28)10-11-25-34(29,30)19-7-5-18(24)6-8-19/h4-9,25H,10-16H2,1-3H3. The first kappa shape index (κ1) is 25.7. The highest BCUT2D eigenvalue weighted by molar-refractivity contribution is 7.89. The molecule has 9 nitrogen and oxygen atoms in total. The number of sulfonamides is 1. The van der Waals surface area contributed by atoms with Gasteiger partial charge in [0, 0.05) is 51.3 Å². The summed E-state index contributed by atoms with van der Waals surface area (Å²) in [5, 5.41) is 0. The second-order valence-electron chi connectivity index (χ2n) is 7.75. The maximum Gasteiger partial charge on any atom is 0.240 e. The van der Waals surface area contributed by atoms with E-state index in [1.165, 1.54) is 12.1 Å². The van der Waals surface area contributed by atoms with Crippen LogP contribution in [-0.2, 0) is 21.4 Å². The van der Waals surface area contributed by atoms with Crippen LogP contribution in [0.1, 0.15) is 12.0 Å². The Labute approximate surface area is 199 Å². The number of carbonyl (C=O) groups excluding carboxylic acids is 1. The summed E-state index contributed by atoms with van der Waals surface area (Å²) in [7, 11) is 0.928. The number of hydrogen-bond acceptors (Lipinski definition) is 7. The number of benzene rings is 2. The van der Waals surface area contributed by atoms with Gasteiger partial charge in [-0.3, -0.25) is 9.69 Å². The lowest BCUT2D eigenvalue weighted by molar-refractivity contribution is -0.132. The van der Waals surface area contributed by atoms with E-state index < -0.39 is 15.8 Å². The molecule has 0 spiro atoms. The van der Waals surface area contributed by atoms with E-state index in [4.69, 9.17) is 14.2 Å². The summed E-state index contributed by atoms with van der Waals surface area (Å²) in [6, 6.07) is 8.31. The Morgan fingerprint density at radius 1 is 0.941 bits per heavy atom. The Kier molecular flexibility index (Phi) is 8.70. The molecule has 34 heavy (non-hydrogen) atoms. The van der Waals surface area contributed by atoms with Crippen molar-refractivity contribution in [2.75, 3.05) is 54.1 Å². The number of nitrogens with zero attached hydrogens (tertiary/aromatic N) is 2. The largest absolute Gasteiger partial charge is 0.493 e. The van der Waals surface area contributed by atoms with E-state index >= 15 is 0 Å². The van der Waals surface area contributed by atoms with Crippen LogP contribution in [0.4, 0.5) is 4.39 Å². The van der Waals surface area contributed by atoms with E-state index in [1.54, 1.807) is 26.2 Å². The van der Waals surface area contributed by atoms with E-state index in [0.717, 1.165) is 17.7 Å². The highest BCUT2D eigenvalue weighted by atomic mass is 32.2. The van der Waals surface area contributed by atoms with E-state index in [9.17, 15) is 17.6 Å². The molecule has 0 radical (unpaired) electrons. The Bertz CT molecular complexity index is 1090. The van der Waals surface area contributed by atoms with Gasteiger partial charge in [0.25, 0.3) is 0 Å². The molecule has 1 amide bonds. The smallest absolute Gasteiger partial charge is 0.240 e. The van der Waals surface area contributed by atoms with Gasteiger partial charge in [-0.1, -0.05) is 6.07 Å². The average molecular weight is 496 g/mol. The third-order valence-corrected chi connectivity index (χ3v) is 7.14. The quantitative estimate of drug-likeness (QED) is 0.537. The van der Waals surface area contributed by atoms with Gasteiger partial charge in [-0.15, -0.1) is 0 Å². The number of amides is 1. The summed E-state index contributed by atoms with van der Waals surface area (Å²) in [6.07, 6.45) is 0.0456.